The van der Waals surface area contributed by atoms with E-state index in [2.05, 4.69) is 0 Å². The summed E-state index contributed by atoms with van der Waals surface area (Å²) in [6.07, 6.45) is -0.417. The summed E-state index contributed by atoms with van der Waals surface area (Å²) < 4.78 is 5.55. The van der Waals surface area contributed by atoms with E-state index >= 15 is 0 Å². The first-order chi connectivity index (χ1) is 6.99. The van der Waals surface area contributed by atoms with Crippen LogP contribution < -0.4 is 4.74 Å². The van der Waals surface area contributed by atoms with Crippen molar-refractivity contribution in [3.8, 4) is 5.75 Å². The molecular formula is C13H20O2. The maximum atomic E-state index is 9.69. The number of aryl methyl sites for hydroxylation is 1. The quantitative estimate of drug-likeness (QED) is 0.827. The third-order valence-corrected chi connectivity index (χ3v) is 2.83. The monoisotopic (exact) mass is 208 g/mol. The second-order valence-electron chi connectivity index (χ2n) is 3.96. The van der Waals surface area contributed by atoms with Crippen LogP contribution in [0.4, 0.5) is 0 Å². The van der Waals surface area contributed by atoms with Crippen molar-refractivity contribution in [1.82, 2.24) is 0 Å². The van der Waals surface area contributed by atoms with Gasteiger partial charge in [-0.2, -0.15) is 0 Å². The molecule has 0 saturated carbocycles. The highest BCUT2D eigenvalue weighted by molar-refractivity contribution is 5.48. The fourth-order valence-corrected chi connectivity index (χ4v) is 2.01. The van der Waals surface area contributed by atoms with Crippen LogP contribution in [0.2, 0.25) is 0 Å². The molecule has 1 aromatic carbocycles. The van der Waals surface area contributed by atoms with Crippen LogP contribution in [0, 0.1) is 20.8 Å². The summed E-state index contributed by atoms with van der Waals surface area (Å²) in [6, 6.07) is 2.01. The molecule has 0 heterocycles. The normalized spacial score (nSPS) is 12.7. The van der Waals surface area contributed by atoms with Crippen LogP contribution in [-0.2, 0) is 0 Å². The molecule has 0 aliphatic heterocycles. The standard InChI is InChI=1S/C13H20O2/c1-6-15-12-7-8(2)13(11(5)14)10(4)9(12)3/h7,11,14H,6H2,1-5H3. The lowest BCUT2D eigenvalue weighted by Crippen LogP contribution is -2.04. The third-order valence-electron chi connectivity index (χ3n) is 2.83. The van der Waals surface area contributed by atoms with Gasteiger partial charge in [0.2, 0.25) is 0 Å². The first kappa shape index (κ1) is 12.1. The molecule has 0 aliphatic carbocycles. The molecule has 1 N–H and O–H groups in total. The van der Waals surface area contributed by atoms with Gasteiger partial charge < -0.3 is 9.84 Å². The average molecular weight is 208 g/mol. The van der Waals surface area contributed by atoms with Crippen molar-refractivity contribution >= 4 is 0 Å². The van der Waals surface area contributed by atoms with Crippen LogP contribution in [0.15, 0.2) is 6.07 Å². The maximum absolute atomic E-state index is 9.69. The van der Waals surface area contributed by atoms with Crippen molar-refractivity contribution < 1.29 is 9.84 Å². The Kier molecular flexibility index (Phi) is 3.75. The van der Waals surface area contributed by atoms with Gasteiger partial charge in [-0.1, -0.05) is 0 Å². The van der Waals surface area contributed by atoms with Crippen molar-refractivity contribution in [2.45, 2.75) is 40.7 Å². The molecule has 0 saturated heterocycles. The van der Waals surface area contributed by atoms with Crippen molar-refractivity contribution in [3.63, 3.8) is 0 Å². The number of ether oxygens (including phenoxy) is 1. The van der Waals surface area contributed by atoms with Crippen LogP contribution in [-0.4, -0.2) is 11.7 Å². The first-order valence-corrected chi connectivity index (χ1v) is 5.40. The molecule has 1 rings (SSSR count). The zero-order valence-corrected chi connectivity index (χ0v) is 10.2. The van der Waals surface area contributed by atoms with E-state index in [1.165, 1.54) is 0 Å². The summed E-state index contributed by atoms with van der Waals surface area (Å²) >= 11 is 0. The van der Waals surface area contributed by atoms with E-state index in [1.807, 2.05) is 33.8 Å². The van der Waals surface area contributed by atoms with Crippen molar-refractivity contribution in [2.24, 2.45) is 0 Å². The van der Waals surface area contributed by atoms with Crippen molar-refractivity contribution in [3.05, 3.63) is 28.3 Å². The molecule has 0 bridgehead atoms. The van der Waals surface area contributed by atoms with E-state index in [4.69, 9.17) is 4.74 Å². The van der Waals surface area contributed by atoms with Gasteiger partial charge in [-0.15, -0.1) is 0 Å². The van der Waals surface area contributed by atoms with E-state index in [9.17, 15) is 5.11 Å². The van der Waals surface area contributed by atoms with Gasteiger partial charge >= 0.3 is 0 Å². The minimum Gasteiger partial charge on any atom is -0.494 e. The van der Waals surface area contributed by atoms with Crippen LogP contribution in [0.25, 0.3) is 0 Å². The van der Waals surface area contributed by atoms with Gasteiger partial charge in [0, 0.05) is 0 Å². The van der Waals surface area contributed by atoms with Crippen molar-refractivity contribution in [2.75, 3.05) is 6.61 Å². The molecule has 2 heteroatoms. The Bertz CT molecular complexity index is 354. The molecule has 1 aromatic rings. The minimum atomic E-state index is -0.417. The lowest BCUT2D eigenvalue weighted by atomic mass is 9.94. The van der Waals surface area contributed by atoms with Crippen molar-refractivity contribution in [1.29, 1.82) is 0 Å². The molecule has 84 valence electrons. The molecule has 0 fully saturated rings. The fraction of sp³-hybridized carbons (Fsp3) is 0.538. The highest BCUT2D eigenvalue weighted by Gasteiger charge is 2.14. The smallest absolute Gasteiger partial charge is 0.122 e. The number of aliphatic hydroxyl groups is 1. The molecule has 0 amide bonds. The second-order valence-corrected chi connectivity index (χ2v) is 3.96. The first-order valence-electron chi connectivity index (χ1n) is 5.40. The number of hydrogen-bond donors (Lipinski definition) is 1. The summed E-state index contributed by atoms with van der Waals surface area (Å²) in [5, 5.41) is 9.69. The minimum absolute atomic E-state index is 0.417. The number of benzene rings is 1. The topological polar surface area (TPSA) is 29.5 Å². The van der Waals surface area contributed by atoms with Crippen LogP contribution in [0.5, 0.6) is 5.75 Å². The number of hydrogen-bond acceptors (Lipinski definition) is 2. The molecule has 1 unspecified atom stereocenters. The molecule has 2 nitrogen and oxygen atoms in total. The van der Waals surface area contributed by atoms with Gasteiger partial charge in [0.15, 0.2) is 0 Å². The third kappa shape index (κ3) is 2.32. The molecule has 0 spiro atoms. The van der Waals surface area contributed by atoms with Crippen LogP contribution >= 0.6 is 0 Å². The SMILES string of the molecule is CCOc1cc(C)c(C(C)O)c(C)c1C. The second kappa shape index (κ2) is 4.67. The largest absolute Gasteiger partial charge is 0.494 e. The zero-order chi connectivity index (χ0) is 11.6. The van der Waals surface area contributed by atoms with Gasteiger partial charge in [-0.3, -0.25) is 0 Å². The molecule has 0 aromatic heterocycles. The lowest BCUT2D eigenvalue weighted by Gasteiger charge is -2.18. The summed E-state index contributed by atoms with van der Waals surface area (Å²) in [7, 11) is 0. The van der Waals surface area contributed by atoms with Crippen LogP contribution in [0.1, 0.15) is 42.2 Å². The average Bonchev–Trinajstić information content (AvgIpc) is 2.13. The highest BCUT2D eigenvalue weighted by atomic mass is 16.5. The molecule has 0 aliphatic rings. The van der Waals surface area contributed by atoms with Gasteiger partial charge in [0.25, 0.3) is 0 Å². The Morgan fingerprint density at radius 1 is 1.27 bits per heavy atom. The summed E-state index contributed by atoms with van der Waals surface area (Å²) in [5.41, 5.74) is 4.37. The number of aliphatic hydroxyl groups excluding tert-OH is 1. The van der Waals surface area contributed by atoms with Crippen LogP contribution in [0.3, 0.4) is 0 Å². The Balaban J connectivity index is 3.31. The highest BCUT2D eigenvalue weighted by Crippen LogP contribution is 2.31. The van der Waals surface area contributed by atoms with E-state index in [0.717, 1.165) is 28.0 Å². The Morgan fingerprint density at radius 2 is 1.87 bits per heavy atom. The summed E-state index contributed by atoms with van der Waals surface area (Å²) in [4.78, 5) is 0. The maximum Gasteiger partial charge on any atom is 0.122 e. The molecular weight excluding hydrogens is 188 g/mol. The Labute approximate surface area is 91.9 Å². The van der Waals surface area contributed by atoms with Gasteiger partial charge in [-0.05, 0) is 62.9 Å². The number of rotatable bonds is 3. The fourth-order valence-electron chi connectivity index (χ4n) is 2.01. The Morgan fingerprint density at radius 3 is 2.33 bits per heavy atom. The van der Waals surface area contributed by atoms with Gasteiger partial charge in [-0.25, -0.2) is 0 Å². The lowest BCUT2D eigenvalue weighted by molar-refractivity contribution is 0.197. The Hall–Kier alpha value is -1.02. The molecule has 15 heavy (non-hydrogen) atoms. The summed E-state index contributed by atoms with van der Waals surface area (Å²) in [5.74, 6) is 0.928. The molecule has 1 atom stereocenters. The zero-order valence-electron chi connectivity index (χ0n) is 10.2. The van der Waals surface area contributed by atoms with E-state index < -0.39 is 6.10 Å². The van der Waals surface area contributed by atoms with Gasteiger partial charge in [0.1, 0.15) is 5.75 Å². The van der Waals surface area contributed by atoms with Gasteiger partial charge in [0.05, 0.1) is 12.7 Å². The van der Waals surface area contributed by atoms with E-state index in [-0.39, 0.29) is 0 Å². The predicted octanol–water partition coefficient (Wildman–Crippen LogP) is 3.06. The predicted molar refractivity (Wildman–Crippen MR) is 62.5 cm³/mol. The van der Waals surface area contributed by atoms with E-state index in [0.29, 0.717) is 6.61 Å². The van der Waals surface area contributed by atoms with E-state index in [1.54, 1.807) is 6.92 Å². The summed E-state index contributed by atoms with van der Waals surface area (Å²) in [6.45, 7) is 10.5. The molecule has 0 radical (unpaired) electrons.